The Morgan fingerprint density at radius 2 is 1.89 bits per heavy atom. The lowest BCUT2D eigenvalue weighted by Crippen LogP contribution is -2.56. The third-order valence-electron chi connectivity index (χ3n) is 5.14. The molecule has 0 aromatic carbocycles. The van der Waals surface area contributed by atoms with Crippen molar-refractivity contribution in [1.29, 1.82) is 0 Å². The second kappa shape index (κ2) is 9.11. The summed E-state index contributed by atoms with van der Waals surface area (Å²) < 4.78 is 10.5. The van der Waals surface area contributed by atoms with Gasteiger partial charge in [0, 0.05) is 13.0 Å². The molecule has 0 aromatic rings. The van der Waals surface area contributed by atoms with Gasteiger partial charge in [0.05, 0.1) is 26.3 Å². The van der Waals surface area contributed by atoms with Gasteiger partial charge in [-0.15, -0.1) is 4.99 Å². The van der Waals surface area contributed by atoms with E-state index in [1.807, 2.05) is 6.92 Å². The molecule has 0 aromatic heterocycles. The van der Waals surface area contributed by atoms with Crippen molar-refractivity contribution in [2.75, 3.05) is 14.2 Å². The Hall–Kier alpha value is -2.24. The van der Waals surface area contributed by atoms with Gasteiger partial charge in [-0.2, -0.15) is 5.48 Å². The van der Waals surface area contributed by atoms with Crippen LogP contribution in [0.15, 0.2) is 9.98 Å². The summed E-state index contributed by atoms with van der Waals surface area (Å²) in [5, 5.41) is 20.8. The van der Waals surface area contributed by atoms with Crippen LogP contribution in [0.1, 0.15) is 26.7 Å². The molecular formula is C16H26N4O7. The van der Waals surface area contributed by atoms with Gasteiger partial charge in [-0.25, -0.2) is 20.0 Å². The maximum atomic E-state index is 11.6. The third-order valence-corrected chi connectivity index (χ3v) is 5.14. The van der Waals surface area contributed by atoms with Gasteiger partial charge in [0.1, 0.15) is 6.04 Å². The number of methoxy groups -OCH3 is 2. The highest BCUT2D eigenvalue weighted by atomic mass is 17.2. The van der Waals surface area contributed by atoms with Crippen LogP contribution >= 0.6 is 0 Å². The molecule has 27 heavy (non-hydrogen) atoms. The SMILES string of the molecule is COC1=NC2CC(NOO)C(C)C(C[C@@H](NC(C)=O)C(=O)O)C2N=C1OC. The van der Waals surface area contributed by atoms with E-state index >= 15 is 0 Å². The maximum Gasteiger partial charge on any atom is 0.326 e. The number of nitrogens with zero attached hydrogens (tertiary/aromatic N) is 2. The van der Waals surface area contributed by atoms with Crippen LogP contribution in [0.25, 0.3) is 0 Å². The van der Waals surface area contributed by atoms with Crippen LogP contribution in [0.4, 0.5) is 0 Å². The Labute approximate surface area is 156 Å². The van der Waals surface area contributed by atoms with Crippen LogP contribution in [0.5, 0.6) is 0 Å². The number of aliphatic carboxylic acids is 1. The first-order chi connectivity index (χ1) is 12.8. The Morgan fingerprint density at radius 3 is 2.41 bits per heavy atom. The minimum Gasteiger partial charge on any atom is -0.480 e. The van der Waals surface area contributed by atoms with Crippen molar-refractivity contribution in [2.24, 2.45) is 21.8 Å². The molecule has 0 spiro atoms. The maximum absolute atomic E-state index is 11.6. The number of hydrogen-bond acceptors (Lipinski definition) is 9. The van der Waals surface area contributed by atoms with Crippen LogP contribution in [0.3, 0.4) is 0 Å². The molecule has 0 radical (unpaired) electrons. The number of ether oxygens (including phenoxy) is 2. The van der Waals surface area contributed by atoms with Gasteiger partial charge in [-0.3, -0.25) is 4.79 Å². The number of hydrogen-bond donors (Lipinski definition) is 4. The number of aliphatic imine (C=N–C) groups is 2. The van der Waals surface area contributed by atoms with Gasteiger partial charge in [0.2, 0.25) is 5.91 Å². The minimum absolute atomic E-state index is 0.129. The highest BCUT2D eigenvalue weighted by Crippen LogP contribution is 2.38. The molecule has 1 aliphatic heterocycles. The zero-order valence-corrected chi connectivity index (χ0v) is 15.7. The van der Waals surface area contributed by atoms with E-state index in [0.717, 1.165) is 0 Å². The smallest absolute Gasteiger partial charge is 0.326 e. The Balaban J connectivity index is 2.35. The topological polar surface area (TPSA) is 151 Å². The number of fused-ring (bicyclic) bond motifs is 1. The second-order valence-electron chi connectivity index (χ2n) is 6.74. The average molecular weight is 386 g/mol. The van der Waals surface area contributed by atoms with E-state index in [2.05, 4.69) is 25.8 Å². The van der Waals surface area contributed by atoms with E-state index in [9.17, 15) is 14.7 Å². The Morgan fingerprint density at radius 1 is 1.26 bits per heavy atom. The van der Waals surface area contributed by atoms with Gasteiger partial charge in [0.25, 0.3) is 11.8 Å². The zero-order valence-electron chi connectivity index (χ0n) is 15.7. The first-order valence-corrected chi connectivity index (χ1v) is 8.62. The lowest BCUT2D eigenvalue weighted by molar-refractivity contribution is -0.304. The number of hydroxylamine groups is 1. The first kappa shape index (κ1) is 21.1. The van der Waals surface area contributed by atoms with Crippen molar-refractivity contribution in [2.45, 2.75) is 50.9 Å². The van der Waals surface area contributed by atoms with E-state index in [1.54, 1.807) is 0 Å². The summed E-state index contributed by atoms with van der Waals surface area (Å²) in [5.41, 5.74) is 2.53. The molecule has 1 heterocycles. The standard InChI is InChI=1S/C16H26N4O7/c1-7-9(5-12(16(22)23)17-8(2)21)13-11(6-10(7)20-27-24)18-14(25-3)15(19-13)26-4/h7,9-13,20,24H,5-6H2,1-4H3,(H,17,21)(H,22,23)/t7?,9?,10?,11?,12-,13?/m1/s1. The van der Waals surface area contributed by atoms with Crippen molar-refractivity contribution in [3.8, 4) is 0 Å². The molecule has 11 heteroatoms. The average Bonchev–Trinajstić information content (AvgIpc) is 2.62. The largest absolute Gasteiger partial charge is 0.480 e. The fraction of sp³-hybridized carbons (Fsp3) is 0.750. The molecule has 0 bridgehead atoms. The number of amides is 1. The third kappa shape index (κ3) is 4.73. The predicted molar refractivity (Wildman–Crippen MR) is 94.2 cm³/mol. The highest BCUT2D eigenvalue weighted by Gasteiger charge is 2.47. The summed E-state index contributed by atoms with van der Waals surface area (Å²) in [6.45, 7) is 3.17. The molecule has 0 saturated heterocycles. The minimum atomic E-state index is -1.13. The summed E-state index contributed by atoms with van der Waals surface area (Å²) in [6.07, 6.45) is 0.632. The van der Waals surface area contributed by atoms with Gasteiger partial charge in [-0.05, 0) is 24.7 Å². The first-order valence-electron chi connectivity index (χ1n) is 8.62. The molecule has 1 amide bonds. The summed E-state index contributed by atoms with van der Waals surface area (Å²) in [4.78, 5) is 36.2. The van der Waals surface area contributed by atoms with Gasteiger partial charge >= 0.3 is 5.97 Å². The molecule has 6 atom stereocenters. The van der Waals surface area contributed by atoms with Crippen LogP contribution in [-0.2, 0) is 24.1 Å². The molecule has 5 unspecified atom stereocenters. The van der Waals surface area contributed by atoms with Gasteiger partial charge < -0.3 is 19.9 Å². The fourth-order valence-electron chi connectivity index (χ4n) is 3.81. The molecule has 11 nitrogen and oxygen atoms in total. The number of carboxylic acids is 1. The summed E-state index contributed by atoms with van der Waals surface area (Å²) in [5.74, 6) is -1.47. The van der Waals surface area contributed by atoms with Crippen LogP contribution in [0.2, 0.25) is 0 Å². The number of carbonyl (C=O) groups excluding carboxylic acids is 1. The van der Waals surface area contributed by atoms with Crippen molar-refractivity contribution in [3.05, 3.63) is 0 Å². The molecular weight excluding hydrogens is 360 g/mol. The Bertz CT molecular complexity index is 624. The number of nitrogens with one attached hydrogen (secondary N) is 2. The fourth-order valence-corrected chi connectivity index (χ4v) is 3.81. The number of carbonyl (C=O) groups is 2. The molecule has 2 rings (SSSR count). The van der Waals surface area contributed by atoms with Crippen LogP contribution in [-0.4, -0.2) is 72.4 Å². The lowest BCUT2D eigenvalue weighted by atomic mass is 9.69. The molecule has 1 fully saturated rings. The van der Waals surface area contributed by atoms with Crippen LogP contribution < -0.4 is 10.8 Å². The van der Waals surface area contributed by atoms with Crippen molar-refractivity contribution >= 4 is 23.7 Å². The van der Waals surface area contributed by atoms with Gasteiger partial charge in [0.15, 0.2) is 0 Å². The van der Waals surface area contributed by atoms with Crippen molar-refractivity contribution in [1.82, 2.24) is 10.8 Å². The second-order valence-corrected chi connectivity index (χ2v) is 6.74. The number of rotatable bonds is 6. The van der Waals surface area contributed by atoms with Crippen molar-refractivity contribution < 1.29 is 34.4 Å². The summed E-state index contributed by atoms with van der Waals surface area (Å²) in [7, 11) is 2.91. The van der Waals surface area contributed by atoms with Gasteiger partial charge in [-0.1, -0.05) is 6.92 Å². The quantitative estimate of drug-likeness (QED) is 0.363. The lowest BCUT2D eigenvalue weighted by Gasteiger charge is -2.44. The van der Waals surface area contributed by atoms with Crippen LogP contribution in [0, 0.1) is 11.8 Å². The normalized spacial score (nSPS) is 31.1. The Kier molecular flexibility index (Phi) is 7.11. The summed E-state index contributed by atoms with van der Waals surface area (Å²) in [6, 6.07) is -2.05. The van der Waals surface area contributed by atoms with E-state index in [-0.39, 0.29) is 48.2 Å². The highest BCUT2D eigenvalue weighted by molar-refractivity contribution is 6.35. The van der Waals surface area contributed by atoms with E-state index in [0.29, 0.717) is 6.42 Å². The number of carboxylic acid groups (broad SMARTS) is 1. The molecule has 152 valence electrons. The molecule has 2 aliphatic rings. The predicted octanol–water partition coefficient (Wildman–Crippen LogP) is -0.175. The van der Waals surface area contributed by atoms with E-state index in [4.69, 9.17) is 14.7 Å². The molecule has 4 N–H and O–H groups in total. The molecule has 1 aliphatic carbocycles. The molecule has 1 saturated carbocycles. The van der Waals surface area contributed by atoms with Crippen molar-refractivity contribution in [3.63, 3.8) is 0 Å². The van der Waals surface area contributed by atoms with E-state index < -0.39 is 17.9 Å². The monoisotopic (exact) mass is 386 g/mol. The summed E-state index contributed by atoms with van der Waals surface area (Å²) >= 11 is 0. The van der Waals surface area contributed by atoms with E-state index in [1.165, 1.54) is 21.1 Å². The zero-order chi connectivity index (χ0) is 20.1.